The van der Waals surface area contributed by atoms with E-state index in [0.717, 1.165) is 26.2 Å². The number of hydrogen-bond acceptors (Lipinski definition) is 2. The van der Waals surface area contributed by atoms with Crippen LogP contribution in [0.4, 0.5) is 11.4 Å². The highest BCUT2D eigenvalue weighted by Gasteiger charge is 2.28. The summed E-state index contributed by atoms with van der Waals surface area (Å²) >= 11 is 0. The fraction of sp³-hybridized carbons (Fsp3) is 0.556. The predicted octanol–water partition coefficient (Wildman–Crippen LogP) is 7.27. The zero-order valence-corrected chi connectivity index (χ0v) is 19.7. The molecule has 0 heterocycles. The predicted molar refractivity (Wildman–Crippen MR) is 131 cm³/mol. The van der Waals surface area contributed by atoms with Gasteiger partial charge in [0, 0.05) is 43.0 Å². The lowest BCUT2D eigenvalue weighted by Crippen LogP contribution is -2.26. The van der Waals surface area contributed by atoms with Gasteiger partial charge in [-0.25, -0.2) is 0 Å². The van der Waals surface area contributed by atoms with E-state index in [1.54, 1.807) is 0 Å². The molecule has 2 nitrogen and oxygen atoms in total. The van der Waals surface area contributed by atoms with Crippen LogP contribution in [-0.4, -0.2) is 26.2 Å². The molecule has 2 aromatic carbocycles. The van der Waals surface area contributed by atoms with Crippen molar-refractivity contribution < 1.29 is 0 Å². The molecule has 29 heavy (non-hydrogen) atoms. The third-order valence-electron chi connectivity index (χ3n) is 6.55. The summed E-state index contributed by atoms with van der Waals surface area (Å²) < 4.78 is 0. The number of benzene rings is 2. The Bertz CT molecular complexity index is 639. The van der Waals surface area contributed by atoms with Gasteiger partial charge in [0.25, 0.3) is 0 Å². The van der Waals surface area contributed by atoms with E-state index in [1.165, 1.54) is 48.2 Å². The van der Waals surface area contributed by atoms with E-state index in [1.807, 2.05) is 0 Å². The molecule has 0 atom stereocenters. The zero-order valence-electron chi connectivity index (χ0n) is 19.7. The molecular formula is C27H42N2. The zero-order chi connectivity index (χ0) is 21.3. The van der Waals surface area contributed by atoms with Crippen LogP contribution in [0.1, 0.15) is 78.4 Å². The Morgan fingerprint density at radius 3 is 1.28 bits per heavy atom. The van der Waals surface area contributed by atoms with E-state index in [9.17, 15) is 0 Å². The van der Waals surface area contributed by atoms with Crippen LogP contribution >= 0.6 is 0 Å². The van der Waals surface area contributed by atoms with Crippen molar-refractivity contribution in [2.45, 2.75) is 72.6 Å². The largest absolute Gasteiger partial charge is 0.372 e. The summed E-state index contributed by atoms with van der Waals surface area (Å²) in [6.07, 6.45) is 5.02. The quantitative estimate of drug-likeness (QED) is 0.349. The molecule has 0 radical (unpaired) electrons. The molecular weight excluding hydrogens is 352 g/mol. The topological polar surface area (TPSA) is 6.48 Å². The second kappa shape index (κ2) is 11.3. The summed E-state index contributed by atoms with van der Waals surface area (Å²) in [5.74, 6) is 0. The van der Waals surface area contributed by atoms with Crippen molar-refractivity contribution in [2.24, 2.45) is 0 Å². The van der Waals surface area contributed by atoms with Crippen LogP contribution < -0.4 is 9.80 Å². The van der Waals surface area contributed by atoms with Gasteiger partial charge in [-0.1, -0.05) is 57.4 Å². The van der Waals surface area contributed by atoms with Gasteiger partial charge in [-0.15, -0.1) is 0 Å². The van der Waals surface area contributed by atoms with Gasteiger partial charge in [-0.2, -0.15) is 0 Å². The van der Waals surface area contributed by atoms with Crippen LogP contribution in [0.15, 0.2) is 48.5 Å². The van der Waals surface area contributed by atoms with Gasteiger partial charge < -0.3 is 9.80 Å². The molecule has 0 aliphatic carbocycles. The Balaban J connectivity index is 2.37. The number of unbranched alkanes of at least 4 members (excludes halogenated alkanes) is 2. The molecule has 0 amide bonds. The molecule has 0 fully saturated rings. The van der Waals surface area contributed by atoms with Crippen molar-refractivity contribution in [3.05, 3.63) is 59.7 Å². The number of anilines is 2. The van der Waals surface area contributed by atoms with Crippen molar-refractivity contribution in [1.82, 2.24) is 0 Å². The first-order valence-electron chi connectivity index (χ1n) is 11.7. The minimum Gasteiger partial charge on any atom is -0.372 e. The molecule has 2 heteroatoms. The van der Waals surface area contributed by atoms with E-state index < -0.39 is 0 Å². The average molecular weight is 395 g/mol. The highest BCUT2D eigenvalue weighted by molar-refractivity contribution is 5.53. The Kier molecular flexibility index (Phi) is 9.07. The van der Waals surface area contributed by atoms with Crippen molar-refractivity contribution >= 4 is 11.4 Å². The van der Waals surface area contributed by atoms with E-state index in [-0.39, 0.29) is 5.41 Å². The second-order valence-corrected chi connectivity index (χ2v) is 8.23. The van der Waals surface area contributed by atoms with Gasteiger partial charge in [-0.05, 0) is 69.5 Å². The molecule has 0 saturated carbocycles. The summed E-state index contributed by atoms with van der Waals surface area (Å²) in [6, 6.07) is 18.7. The lowest BCUT2D eigenvalue weighted by molar-refractivity contribution is 0.483. The number of nitrogens with zero attached hydrogens (tertiary/aromatic N) is 2. The van der Waals surface area contributed by atoms with Crippen molar-refractivity contribution in [3.63, 3.8) is 0 Å². The number of rotatable bonds is 12. The Hall–Kier alpha value is -1.96. The lowest BCUT2D eigenvalue weighted by atomic mass is 9.72. The Labute approximate surface area is 179 Å². The summed E-state index contributed by atoms with van der Waals surface area (Å²) in [5, 5.41) is 0. The van der Waals surface area contributed by atoms with Crippen molar-refractivity contribution in [1.29, 1.82) is 0 Å². The minimum atomic E-state index is 0.0543. The minimum absolute atomic E-state index is 0.0543. The van der Waals surface area contributed by atoms with Crippen LogP contribution in [-0.2, 0) is 5.41 Å². The molecule has 0 aliphatic rings. The molecule has 0 N–H and O–H groups in total. The fourth-order valence-corrected chi connectivity index (χ4v) is 4.44. The first kappa shape index (κ1) is 23.3. The molecule has 0 saturated heterocycles. The van der Waals surface area contributed by atoms with Crippen LogP contribution in [0.25, 0.3) is 0 Å². The van der Waals surface area contributed by atoms with Crippen LogP contribution in [0.2, 0.25) is 0 Å². The van der Waals surface area contributed by atoms with Gasteiger partial charge in [0.1, 0.15) is 0 Å². The van der Waals surface area contributed by atoms with Crippen LogP contribution in [0, 0.1) is 0 Å². The standard InChI is InChI=1S/C27H42N2/c1-7-12-13-22-27(6,23-14-18-25(19-15-23)28(8-2)9-3)24-16-20-26(21-17-24)29(10-4)11-5/h14-21H,7-13,22H2,1-6H3. The maximum Gasteiger partial charge on any atom is 0.0366 e. The van der Waals surface area contributed by atoms with Gasteiger partial charge in [0.2, 0.25) is 0 Å². The Morgan fingerprint density at radius 2 is 0.966 bits per heavy atom. The monoisotopic (exact) mass is 394 g/mol. The van der Waals surface area contributed by atoms with Crippen LogP contribution in [0.5, 0.6) is 0 Å². The smallest absolute Gasteiger partial charge is 0.0366 e. The van der Waals surface area contributed by atoms with Crippen LogP contribution in [0.3, 0.4) is 0 Å². The molecule has 0 unspecified atom stereocenters. The summed E-state index contributed by atoms with van der Waals surface area (Å²) in [7, 11) is 0. The van der Waals surface area contributed by atoms with E-state index in [0.29, 0.717) is 0 Å². The molecule has 2 aromatic rings. The maximum atomic E-state index is 2.43. The molecule has 2 rings (SSSR count). The average Bonchev–Trinajstić information content (AvgIpc) is 2.76. The molecule has 160 valence electrons. The van der Waals surface area contributed by atoms with E-state index in [2.05, 4.69) is 99.9 Å². The molecule has 0 aliphatic heterocycles. The van der Waals surface area contributed by atoms with Crippen molar-refractivity contribution in [3.8, 4) is 0 Å². The van der Waals surface area contributed by atoms with Gasteiger partial charge in [0.15, 0.2) is 0 Å². The molecule has 0 spiro atoms. The SMILES string of the molecule is CCCCCC(C)(c1ccc(N(CC)CC)cc1)c1ccc(N(CC)CC)cc1. The summed E-state index contributed by atoms with van der Waals surface area (Å²) in [5.41, 5.74) is 5.57. The molecule has 0 aromatic heterocycles. The van der Waals surface area contributed by atoms with Crippen molar-refractivity contribution in [2.75, 3.05) is 36.0 Å². The first-order valence-corrected chi connectivity index (χ1v) is 11.7. The third kappa shape index (κ3) is 5.56. The van der Waals surface area contributed by atoms with Gasteiger partial charge >= 0.3 is 0 Å². The highest BCUT2D eigenvalue weighted by Crippen LogP contribution is 2.38. The first-order chi connectivity index (χ1) is 14.0. The van der Waals surface area contributed by atoms with E-state index >= 15 is 0 Å². The Morgan fingerprint density at radius 1 is 0.586 bits per heavy atom. The highest BCUT2D eigenvalue weighted by atomic mass is 15.1. The number of hydrogen-bond donors (Lipinski definition) is 0. The maximum absolute atomic E-state index is 2.43. The lowest BCUT2D eigenvalue weighted by Gasteiger charge is -2.33. The molecule has 0 bridgehead atoms. The second-order valence-electron chi connectivity index (χ2n) is 8.23. The third-order valence-corrected chi connectivity index (χ3v) is 6.55. The van der Waals surface area contributed by atoms with Gasteiger partial charge in [0.05, 0.1) is 0 Å². The fourth-order valence-electron chi connectivity index (χ4n) is 4.44. The van der Waals surface area contributed by atoms with Gasteiger partial charge in [-0.3, -0.25) is 0 Å². The summed E-state index contributed by atoms with van der Waals surface area (Å²) in [6.45, 7) is 17.8. The summed E-state index contributed by atoms with van der Waals surface area (Å²) in [4.78, 5) is 4.83. The van der Waals surface area contributed by atoms with E-state index in [4.69, 9.17) is 0 Å². The normalized spacial score (nSPS) is 11.5.